The van der Waals surface area contributed by atoms with E-state index in [9.17, 15) is 0 Å². The van der Waals surface area contributed by atoms with Gasteiger partial charge in [0.05, 0.1) is 0 Å². The van der Waals surface area contributed by atoms with Gasteiger partial charge in [-0.15, -0.1) is 0 Å². The third kappa shape index (κ3) is 44.2. The second-order valence-electron chi connectivity index (χ2n) is 3.58. The molecule has 0 aliphatic carbocycles. The normalized spacial score (nSPS) is 8.67. The number of thiol groups is 1. The van der Waals surface area contributed by atoms with E-state index in [1.54, 1.807) is 6.92 Å². The van der Waals surface area contributed by atoms with E-state index in [2.05, 4.69) is 36.3 Å². The number of nitrogens with zero attached hydrogens (tertiary/aromatic N) is 1. The van der Waals surface area contributed by atoms with Crippen molar-refractivity contribution in [2.24, 2.45) is 5.92 Å². The Labute approximate surface area is 122 Å². The summed E-state index contributed by atoms with van der Waals surface area (Å²) in [5.74, 6) is 0.710. The molecule has 0 aromatic heterocycles. The molecule has 3 nitrogen and oxygen atoms in total. The molecule has 2 N–H and O–H groups in total. The molecule has 0 spiro atoms. The van der Waals surface area contributed by atoms with Crippen LogP contribution >= 0.6 is 12.8 Å². The Bertz CT molecular complexity index is 104. The third-order valence-electron chi connectivity index (χ3n) is 1.42. The highest BCUT2D eigenvalue weighted by molar-refractivity contribution is 7.77. The lowest BCUT2D eigenvalue weighted by atomic mass is 10.2. The van der Waals surface area contributed by atoms with Gasteiger partial charge in [0.2, 0.25) is 0 Å². The second kappa shape index (κ2) is 30.3. The van der Waals surface area contributed by atoms with Crippen LogP contribution in [0.1, 0.15) is 54.9 Å². The molecule has 0 saturated carbocycles. The Morgan fingerprint density at radius 3 is 1.83 bits per heavy atom. The average molecular weight is 283 g/mol. The van der Waals surface area contributed by atoms with Crippen molar-refractivity contribution in [2.45, 2.75) is 54.9 Å². The summed E-state index contributed by atoms with van der Waals surface area (Å²) in [6.45, 7) is 17.6. The highest BCUT2D eigenvalue weighted by atomic mass is 32.1. The quantitative estimate of drug-likeness (QED) is 0.516. The van der Waals surface area contributed by atoms with E-state index >= 15 is 0 Å². The topological polar surface area (TPSA) is 35.5 Å². The minimum absolute atomic E-state index is 0.250. The highest BCUT2D eigenvalue weighted by Gasteiger charge is 2.00. The Kier molecular flexibility index (Phi) is 45.1. The first-order chi connectivity index (χ1) is 8.58. The van der Waals surface area contributed by atoms with Gasteiger partial charge in [0.25, 0.3) is 0 Å². The van der Waals surface area contributed by atoms with Crippen molar-refractivity contribution in [3.63, 3.8) is 0 Å². The van der Waals surface area contributed by atoms with Gasteiger partial charge < -0.3 is 10.4 Å². The Morgan fingerprint density at radius 1 is 1.17 bits per heavy atom. The number of nitrogens with one attached hydrogen (secondary N) is 1. The molecular formula is C14H38N2OS. The van der Waals surface area contributed by atoms with Gasteiger partial charge in [0.1, 0.15) is 0 Å². The zero-order chi connectivity index (χ0) is 15.4. The van der Waals surface area contributed by atoms with Gasteiger partial charge >= 0.3 is 0 Å². The van der Waals surface area contributed by atoms with Crippen molar-refractivity contribution in [1.82, 2.24) is 9.62 Å². The van der Waals surface area contributed by atoms with Crippen molar-refractivity contribution in [3.05, 3.63) is 0 Å². The highest BCUT2D eigenvalue weighted by Crippen LogP contribution is 2.01. The van der Waals surface area contributed by atoms with Crippen LogP contribution in [-0.4, -0.2) is 42.7 Å². The first-order valence-electron chi connectivity index (χ1n) is 7.27. The van der Waals surface area contributed by atoms with E-state index in [1.807, 2.05) is 34.7 Å². The van der Waals surface area contributed by atoms with Crippen LogP contribution in [0.3, 0.4) is 0 Å². The van der Waals surface area contributed by atoms with Gasteiger partial charge in [-0.05, 0) is 32.9 Å². The van der Waals surface area contributed by atoms with E-state index < -0.39 is 0 Å². The molecule has 0 bridgehead atoms. The van der Waals surface area contributed by atoms with Crippen LogP contribution in [0.2, 0.25) is 0 Å². The zero-order valence-electron chi connectivity index (χ0n) is 14.0. The zero-order valence-corrected chi connectivity index (χ0v) is 14.8. The molecular weight excluding hydrogens is 244 g/mol. The van der Waals surface area contributed by atoms with E-state index in [4.69, 9.17) is 5.11 Å². The maximum absolute atomic E-state index is 7.57. The van der Waals surface area contributed by atoms with Gasteiger partial charge in [0, 0.05) is 19.7 Å². The molecule has 0 radical (unpaired) electrons. The number of hydrogen-bond donors (Lipinski definition) is 3. The lowest BCUT2D eigenvalue weighted by molar-refractivity contribution is 0.318. The fourth-order valence-corrected chi connectivity index (χ4v) is 1.42. The fourth-order valence-electron chi connectivity index (χ4n) is 0.951. The molecule has 18 heavy (non-hydrogen) atoms. The van der Waals surface area contributed by atoms with E-state index in [1.165, 1.54) is 6.42 Å². The van der Waals surface area contributed by atoms with Gasteiger partial charge in [-0.25, -0.2) is 0 Å². The number of hydrogen-bond acceptors (Lipinski definition) is 4. The van der Waals surface area contributed by atoms with Gasteiger partial charge in [-0.1, -0.05) is 54.4 Å². The monoisotopic (exact) mass is 282 g/mol. The summed E-state index contributed by atoms with van der Waals surface area (Å²) in [5, 5.41) is 10.7. The van der Waals surface area contributed by atoms with Crippen molar-refractivity contribution < 1.29 is 5.11 Å². The summed E-state index contributed by atoms with van der Waals surface area (Å²) in [6, 6.07) is 0. The molecule has 0 amide bonds. The summed E-state index contributed by atoms with van der Waals surface area (Å²) in [6.07, 6.45) is 1.17. The predicted molar refractivity (Wildman–Crippen MR) is 89.4 cm³/mol. The van der Waals surface area contributed by atoms with E-state index in [0.717, 1.165) is 19.6 Å². The largest absolute Gasteiger partial charge is 0.397 e. The summed E-state index contributed by atoms with van der Waals surface area (Å²) in [5.41, 5.74) is 0. The third-order valence-corrected chi connectivity index (χ3v) is 1.78. The van der Waals surface area contributed by atoms with Crippen molar-refractivity contribution in [3.8, 4) is 0 Å². The van der Waals surface area contributed by atoms with Crippen LogP contribution in [0.4, 0.5) is 0 Å². The molecule has 0 aliphatic rings. The minimum atomic E-state index is 0.250. The average Bonchev–Trinajstić information content (AvgIpc) is 2.34. The number of rotatable bonds is 6. The Morgan fingerprint density at radius 2 is 1.56 bits per heavy atom. The summed E-state index contributed by atoms with van der Waals surface area (Å²) in [7, 11) is 1.98. The molecule has 0 aliphatic heterocycles. The molecule has 0 atom stereocenters. The van der Waals surface area contributed by atoms with Crippen molar-refractivity contribution in [1.29, 1.82) is 0 Å². The van der Waals surface area contributed by atoms with Gasteiger partial charge in [-0.3, -0.25) is 4.31 Å². The molecule has 0 fully saturated rings. The second-order valence-corrected chi connectivity index (χ2v) is 4.15. The van der Waals surface area contributed by atoms with Crippen molar-refractivity contribution in [2.75, 3.05) is 33.3 Å². The summed E-state index contributed by atoms with van der Waals surface area (Å²) >= 11 is 4.35. The smallest absolute Gasteiger partial charge is 0.0402 e. The first-order valence-corrected chi connectivity index (χ1v) is 7.67. The maximum atomic E-state index is 7.57. The molecule has 0 rings (SSSR count). The standard InChI is InChI=1S/C8H20N2S.C2H6O.2C2H6/c1-8(2)7-10(11)6-4-5-9-3;1-2-3;2*1-2/h8-9,11H,4-7H2,1-3H3;3H,2H2,1H3;2*1-2H3. The predicted octanol–water partition coefficient (Wildman–Crippen LogP) is 3.45. The fraction of sp³-hybridized carbons (Fsp3) is 1.00. The number of aliphatic hydroxyl groups is 1. The number of aliphatic hydroxyl groups excluding tert-OH is 1. The van der Waals surface area contributed by atoms with Crippen molar-refractivity contribution >= 4 is 12.8 Å². The van der Waals surface area contributed by atoms with Gasteiger partial charge in [-0.2, -0.15) is 0 Å². The maximum Gasteiger partial charge on any atom is 0.0402 e. The summed E-state index contributed by atoms with van der Waals surface area (Å²) < 4.78 is 2.09. The van der Waals surface area contributed by atoms with E-state index in [-0.39, 0.29) is 6.61 Å². The lowest BCUT2D eigenvalue weighted by Gasteiger charge is -2.16. The lowest BCUT2D eigenvalue weighted by Crippen LogP contribution is -2.22. The molecule has 0 saturated heterocycles. The Balaban J connectivity index is -0.000000118. The molecule has 0 heterocycles. The molecule has 116 valence electrons. The molecule has 0 aromatic carbocycles. The molecule has 0 unspecified atom stereocenters. The Hall–Kier alpha value is 0.230. The minimum Gasteiger partial charge on any atom is -0.397 e. The van der Waals surface area contributed by atoms with E-state index in [0.29, 0.717) is 5.92 Å². The summed E-state index contributed by atoms with van der Waals surface area (Å²) in [4.78, 5) is 0. The SMILES string of the molecule is CC.CC.CCO.CNCCCN(S)CC(C)C. The van der Waals surface area contributed by atoms with Crippen LogP contribution in [0.25, 0.3) is 0 Å². The van der Waals surface area contributed by atoms with Crippen LogP contribution < -0.4 is 5.32 Å². The molecule has 4 heteroatoms. The molecule has 0 aromatic rings. The first kappa shape index (κ1) is 26.7. The van der Waals surface area contributed by atoms with Gasteiger partial charge in [0.15, 0.2) is 0 Å². The van der Waals surface area contributed by atoms with Crippen LogP contribution in [0, 0.1) is 5.92 Å². The van der Waals surface area contributed by atoms with Crippen LogP contribution in [-0.2, 0) is 0 Å². The van der Waals surface area contributed by atoms with Crippen LogP contribution in [0.5, 0.6) is 0 Å². The van der Waals surface area contributed by atoms with Crippen LogP contribution in [0.15, 0.2) is 0 Å².